The van der Waals surface area contributed by atoms with E-state index in [1.165, 1.54) is 6.07 Å². The van der Waals surface area contributed by atoms with Crippen LogP contribution < -0.4 is 0 Å². The van der Waals surface area contributed by atoms with Crippen molar-refractivity contribution in [3.8, 4) is 0 Å². The van der Waals surface area contributed by atoms with Crippen molar-refractivity contribution in [2.24, 2.45) is 0 Å². The number of amides is 1. The molecule has 1 atom stereocenters. The van der Waals surface area contributed by atoms with Crippen molar-refractivity contribution in [1.82, 2.24) is 14.7 Å². The normalized spacial score (nSPS) is 27.4. The average Bonchev–Trinajstić information content (AvgIpc) is 2.67. The largest absolute Gasteiger partial charge is 0.381 e. The van der Waals surface area contributed by atoms with Crippen molar-refractivity contribution in [2.75, 3.05) is 45.9 Å². The fourth-order valence-corrected chi connectivity index (χ4v) is 5.05. The number of piperazine rings is 2. The van der Waals surface area contributed by atoms with Gasteiger partial charge in [0, 0.05) is 63.6 Å². The van der Waals surface area contributed by atoms with E-state index >= 15 is 0 Å². The van der Waals surface area contributed by atoms with Crippen LogP contribution in [-0.2, 0) is 4.74 Å². The van der Waals surface area contributed by atoms with Crippen LogP contribution in [0.2, 0.25) is 0 Å². The Balaban J connectivity index is 1.50. The summed E-state index contributed by atoms with van der Waals surface area (Å²) in [6, 6.07) is 7.18. The predicted octanol–water partition coefficient (Wildman–Crippen LogP) is 2.23. The number of benzene rings is 1. The minimum Gasteiger partial charge on any atom is -0.381 e. The lowest BCUT2D eigenvalue weighted by Gasteiger charge is -2.56. The van der Waals surface area contributed by atoms with Gasteiger partial charge in [-0.25, -0.2) is 4.39 Å². The van der Waals surface area contributed by atoms with Crippen molar-refractivity contribution in [1.29, 1.82) is 0 Å². The van der Waals surface area contributed by atoms with Gasteiger partial charge in [-0.1, -0.05) is 12.1 Å². The summed E-state index contributed by atoms with van der Waals surface area (Å²) in [5.74, 6) is -0.626. The van der Waals surface area contributed by atoms with Gasteiger partial charge >= 0.3 is 0 Å². The number of carbonyl (C=O) groups excluding carboxylic acids is 1. The van der Waals surface area contributed by atoms with Gasteiger partial charge < -0.3 is 9.64 Å². The number of fused-ring (bicyclic) bond motifs is 1. The zero-order chi connectivity index (χ0) is 19.0. The van der Waals surface area contributed by atoms with Crippen molar-refractivity contribution >= 4 is 5.91 Å². The average molecular weight is 375 g/mol. The van der Waals surface area contributed by atoms with Crippen LogP contribution in [0.25, 0.3) is 0 Å². The number of carbonyl (C=O) groups is 1. The fraction of sp³-hybridized carbons (Fsp3) is 0.667. The highest BCUT2D eigenvalue weighted by atomic mass is 19.1. The molecular weight excluding hydrogens is 345 g/mol. The van der Waals surface area contributed by atoms with Crippen LogP contribution in [0.5, 0.6) is 0 Å². The van der Waals surface area contributed by atoms with E-state index in [9.17, 15) is 9.18 Å². The second-order valence-corrected chi connectivity index (χ2v) is 8.66. The highest BCUT2D eigenvalue weighted by Crippen LogP contribution is 2.30. The van der Waals surface area contributed by atoms with E-state index in [-0.39, 0.29) is 17.0 Å². The lowest BCUT2D eigenvalue weighted by molar-refractivity contribution is -0.0744. The Morgan fingerprint density at radius 2 is 1.85 bits per heavy atom. The fourth-order valence-electron chi connectivity index (χ4n) is 5.05. The Bertz CT molecular complexity index is 690. The minimum absolute atomic E-state index is 0.106. The standard InChI is InChI=1S/C21H30FN3O2/c1-21(2)15-24(20(26)18-5-3-4-6-19(18)22)14-17-13-23(9-10-25(17)21)16-7-11-27-12-8-16/h3-6,16-17H,7-15H2,1-2H3/t17-/m0/s1. The second-order valence-electron chi connectivity index (χ2n) is 8.66. The molecule has 0 aromatic heterocycles. The molecule has 4 rings (SSSR count). The van der Waals surface area contributed by atoms with Gasteiger partial charge in [-0.05, 0) is 38.8 Å². The van der Waals surface area contributed by atoms with Crippen LogP contribution >= 0.6 is 0 Å². The van der Waals surface area contributed by atoms with Crippen LogP contribution in [-0.4, -0.2) is 84.2 Å². The zero-order valence-corrected chi connectivity index (χ0v) is 16.4. The molecule has 5 nitrogen and oxygen atoms in total. The van der Waals surface area contributed by atoms with Crippen molar-refractivity contribution < 1.29 is 13.9 Å². The first-order chi connectivity index (χ1) is 13.0. The highest BCUT2D eigenvalue weighted by molar-refractivity contribution is 5.94. The number of hydrogen-bond donors (Lipinski definition) is 0. The Morgan fingerprint density at radius 3 is 2.59 bits per heavy atom. The molecule has 3 aliphatic heterocycles. The monoisotopic (exact) mass is 375 g/mol. The molecule has 1 amide bonds. The molecule has 0 saturated carbocycles. The van der Waals surface area contributed by atoms with E-state index in [0.29, 0.717) is 25.2 Å². The minimum atomic E-state index is -0.435. The summed E-state index contributed by atoms with van der Waals surface area (Å²) in [4.78, 5) is 20.0. The topological polar surface area (TPSA) is 36.0 Å². The first kappa shape index (κ1) is 18.8. The van der Waals surface area contributed by atoms with Gasteiger partial charge in [0.25, 0.3) is 5.91 Å². The van der Waals surface area contributed by atoms with Gasteiger partial charge in [0.1, 0.15) is 5.82 Å². The van der Waals surface area contributed by atoms with Gasteiger partial charge in [0.05, 0.1) is 5.56 Å². The molecule has 0 N–H and O–H groups in total. The maximum absolute atomic E-state index is 14.1. The van der Waals surface area contributed by atoms with Crippen LogP contribution in [0.4, 0.5) is 4.39 Å². The van der Waals surface area contributed by atoms with E-state index in [4.69, 9.17) is 4.74 Å². The molecule has 3 saturated heterocycles. The van der Waals surface area contributed by atoms with Gasteiger partial charge in [0.2, 0.25) is 0 Å². The number of ether oxygens (including phenoxy) is 1. The quantitative estimate of drug-likeness (QED) is 0.794. The molecule has 0 unspecified atom stereocenters. The summed E-state index contributed by atoms with van der Waals surface area (Å²) < 4.78 is 19.7. The Labute approximate surface area is 161 Å². The van der Waals surface area contributed by atoms with E-state index in [2.05, 4.69) is 23.6 Å². The molecule has 0 spiro atoms. The zero-order valence-electron chi connectivity index (χ0n) is 16.4. The maximum Gasteiger partial charge on any atom is 0.256 e. The molecule has 3 aliphatic rings. The van der Waals surface area contributed by atoms with Gasteiger partial charge in [-0.2, -0.15) is 0 Å². The van der Waals surface area contributed by atoms with Gasteiger partial charge in [-0.3, -0.25) is 14.6 Å². The number of nitrogens with zero attached hydrogens (tertiary/aromatic N) is 3. The summed E-state index contributed by atoms with van der Waals surface area (Å²) in [5.41, 5.74) is 0.0739. The summed E-state index contributed by atoms with van der Waals surface area (Å²) in [7, 11) is 0. The van der Waals surface area contributed by atoms with Crippen LogP contribution in [0.15, 0.2) is 24.3 Å². The third-order valence-electron chi connectivity index (χ3n) is 6.40. The molecule has 1 aromatic carbocycles. The molecule has 3 fully saturated rings. The van der Waals surface area contributed by atoms with Crippen LogP contribution in [0.3, 0.4) is 0 Å². The number of halogens is 1. The molecule has 3 heterocycles. The lowest BCUT2D eigenvalue weighted by atomic mass is 9.91. The first-order valence-corrected chi connectivity index (χ1v) is 10.1. The number of hydrogen-bond acceptors (Lipinski definition) is 4. The molecule has 0 bridgehead atoms. The Morgan fingerprint density at radius 1 is 1.11 bits per heavy atom. The first-order valence-electron chi connectivity index (χ1n) is 10.1. The van der Waals surface area contributed by atoms with E-state index in [0.717, 1.165) is 45.7 Å². The van der Waals surface area contributed by atoms with Gasteiger partial charge in [-0.15, -0.1) is 0 Å². The van der Waals surface area contributed by atoms with Crippen LogP contribution in [0, 0.1) is 5.82 Å². The van der Waals surface area contributed by atoms with E-state index in [1.54, 1.807) is 18.2 Å². The molecular formula is C21H30FN3O2. The maximum atomic E-state index is 14.1. The Kier molecular flexibility index (Phi) is 5.23. The molecule has 0 aliphatic carbocycles. The third kappa shape index (κ3) is 3.75. The van der Waals surface area contributed by atoms with E-state index in [1.807, 2.05) is 4.90 Å². The van der Waals surface area contributed by atoms with Crippen molar-refractivity contribution in [3.63, 3.8) is 0 Å². The molecule has 0 radical (unpaired) electrons. The lowest BCUT2D eigenvalue weighted by Crippen LogP contribution is -2.71. The molecule has 27 heavy (non-hydrogen) atoms. The third-order valence-corrected chi connectivity index (χ3v) is 6.40. The highest BCUT2D eigenvalue weighted by Gasteiger charge is 2.45. The number of rotatable bonds is 2. The van der Waals surface area contributed by atoms with E-state index < -0.39 is 5.82 Å². The van der Waals surface area contributed by atoms with Crippen LogP contribution in [0.1, 0.15) is 37.0 Å². The molecule has 6 heteroatoms. The summed E-state index contributed by atoms with van der Waals surface area (Å²) in [6.45, 7) is 10.5. The summed E-state index contributed by atoms with van der Waals surface area (Å²) >= 11 is 0. The predicted molar refractivity (Wildman–Crippen MR) is 102 cm³/mol. The molecule has 1 aromatic rings. The molecule has 148 valence electrons. The van der Waals surface area contributed by atoms with Crippen molar-refractivity contribution in [2.45, 2.75) is 44.3 Å². The van der Waals surface area contributed by atoms with Gasteiger partial charge in [0.15, 0.2) is 0 Å². The van der Waals surface area contributed by atoms with Crippen molar-refractivity contribution in [3.05, 3.63) is 35.6 Å². The Hall–Kier alpha value is -1.50. The summed E-state index contributed by atoms with van der Waals surface area (Å²) in [6.07, 6.45) is 2.18. The summed E-state index contributed by atoms with van der Waals surface area (Å²) in [5, 5.41) is 0. The second kappa shape index (κ2) is 7.49. The smallest absolute Gasteiger partial charge is 0.256 e. The SMILES string of the molecule is CC1(C)CN(C(=O)c2ccccc2F)C[C@@H]2CN(C3CCOCC3)CCN21.